The van der Waals surface area contributed by atoms with E-state index in [1.54, 1.807) is 10.9 Å². The zero-order valence-electron chi connectivity index (χ0n) is 12.5. The number of hydrogen-bond acceptors (Lipinski definition) is 5. The lowest BCUT2D eigenvalue weighted by Crippen LogP contribution is -2.30. The van der Waals surface area contributed by atoms with Gasteiger partial charge in [-0.05, 0) is 24.3 Å². The summed E-state index contributed by atoms with van der Waals surface area (Å²) >= 11 is 0. The van der Waals surface area contributed by atoms with Crippen LogP contribution in [0.1, 0.15) is 37.7 Å². The van der Waals surface area contributed by atoms with Crippen molar-refractivity contribution >= 4 is 5.91 Å². The molecule has 1 aliphatic rings. The highest BCUT2D eigenvalue weighted by atomic mass is 16.2. The number of carbonyl (C=O) groups is 1. The van der Waals surface area contributed by atoms with Gasteiger partial charge in [0, 0.05) is 13.1 Å². The van der Waals surface area contributed by atoms with Gasteiger partial charge in [-0.1, -0.05) is 26.0 Å². The Kier molecular flexibility index (Phi) is 4.39. The summed E-state index contributed by atoms with van der Waals surface area (Å²) in [6, 6.07) is 0. The van der Waals surface area contributed by atoms with Crippen LogP contribution in [0.3, 0.4) is 0 Å². The van der Waals surface area contributed by atoms with Crippen molar-refractivity contribution < 1.29 is 4.79 Å². The molecule has 1 aromatic heterocycles. The third-order valence-corrected chi connectivity index (χ3v) is 4.04. The van der Waals surface area contributed by atoms with Gasteiger partial charge in [-0.15, -0.1) is 5.10 Å². The summed E-state index contributed by atoms with van der Waals surface area (Å²) < 4.78 is 1.69. The van der Waals surface area contributed by atoms with E-state index in [0.717, 1.165) is 32.1 Å². The molecule has 112 valence electrons. The number of carbonyl (C=O) groups excluding carboxylic acids is 1. The molecular formula is C13H24N6O. The lowest BCUT2D eigenvalue weighted by atomic mass is 9.80. The van der Waals surface area contributed by atoms with Crippen molar-refractivity contribution in [3.8, 4) is 0 Å². The predicted molar refractivity (Wildman–Crippen MR) is 75.7 cm³/mol. The maximum atomic E-state index is 11.3. The summed E-state index contributed by atoms with van der Waals surface area (Å²) in [6.45, 7) is 10.8. The van der Waals surface area contributed by atoms with Gasteiger partial charge >= 0.3 is 0 Å². The second kappa shape index (κ2) is 5.88. The van der Waals surface area contributed by atoms with Crippen LogP contribution in [-0.4, -0.2) is 45.4 Å². The number of hydrazine groups is 1. The first-order valence-corrected chi connectivity index (χ1v) is 7.03. The average Bonchev–Trinajstić information content (AvgIpc) is 3.03. The zero-order valence-corrected chi connectivity index (χ0v) is 12.5. The first-order valence-electron chi connectivity index (χ1n) is 7.03. The van der Waals surface area contributed by atoms with E-state index in [0.29, 0.717) is 5.41 Å². The van der Waals surface area contributed by atoms with Crippen LogP contribution < -0.4 is 11.3 Å². The zero-order chi connectivity index (χ0) is 14.8. The van der Waals surface area contributed by atoms with Crippen molar-refractivity contribution in [1.82, 2.24) is 25.3 Å². The van der Waals surface area contributed by atoms with Gasteiger partial charge in [-0.25, -0.2) is 5.84 Å². The summed E-state index contributed by atoms with van der Waals surface area (Å²) in [4.78, 5) is 13.7. The number of likely N-dealkylation sites (tertiary alicyclic amines) is 1. The van der Waals surface area contributed by atoms with Crippen LogP contribution in [0.25, 0.3) is 0 Å². The summed E-state index contributed by atoms with van der Waals surface area (Å²) in [6.07, 6.45) is 2.88. The van der Waals surface area contributed by atoms with Gasteiger partial charge in [0.15, 0.2) is 5.69 Å². The van der Waals surface area contributed by atoms with Crippen LogP contribution in [0.4, 0.5) is 0 Å². The van der Waals surface area contributed by atoms with E-state index in [2.05, 4.69) is 36.0 Å². The van der Waals surface area contributed by atoms with E-state index in [1.165, 1.54) is 6.42 Å². The molecule has 2 heterocycles. The van der Waals surface area contributed by atoms with E-state index < -0.39 is 5.91 Å². The van der Waals surface area contributed by atoms with E-state index in [9.17, 15) is 4.79 Å². The molecule has 0 radical (unpaired) electrons. The molecule has 1 aliphatic heterocycles. The smallest absolute Gasteiger partial charge is 0.287 e. The Hall–Kier alpha value is -1.47. The number of aromatic nitrogens is 3. The molecule has 0 aromatic carbocycles. The Labute approximate surface area is 119 Å². The molecule has 1 amide bonds. The number of nitrogen functional groups attached to an aromatic ring is 1. The third-order valence-electron chi connectivity index (χ3n) is 4.04. The van der Waals surface area contributed by atoms with E-state index in [1.807, 2.05) is 5.43 Å². The van der Waals surface area contributed by atoms with Gasteiger partial charge in [-0.3, -0.25) is 14.9 Å². The first kappa shape index (κ1) is 14.9. The first-order chi connectivity index (χ1) is 9.40. The molecule has 0 bridgehead atoms. The van der Waals surface area contributed by atoms with Crippen LogP contribution in [-0.2, 0) is 6.54 Å². The Morgan fingerprint density at radius 2 is 2.25 bits per heavy atom. The van der Waals surface area contributed by atoms with Gasteiger partial charge in [0.1, 0.15) is 0 Å². The van der Waals surface area contributed by atoms with Crippen LogP contribution in [0.2, 0.25) is 0 Å². The minimum Gasteiger partial charge on any atom is -0.301 e. The Balaban J connectivity index is 1.82. The quantitative estimate of drug-likeness (QED) is 0.469. The number of nitrogens with one attached hydrogen (secondary N) is 1. The van der Waals surface area contributed by atoms with E-state index in [4.69, 9.17) is 5.84 Å². The monoisotopic (exact) mass is 280 g/mol. The topological polar surface area (TPSA) is 89.1 Å². The number of rotatable bonds is 4. The second-order valence-corrected chi connectivity index (χ2v) is 6.49. The summed E-state index contributed by atoms with van der Waals surface area (Å²) in [5, 5.41) is 7.73. The lowest BCUT2D eigenvalue weighted by molar-refractivity contribution is 0.0948. The fraction of sp³-hybridized carbons (Fsp3) is 0.769. The Morgan fingerprint density at radius 1 is 1.50 bits per heavy atom. The molecule has 1 fully saturated rings. The van der Waals surface area contributed by atoms with Gasteiger partial charge in [0.25, 0.3) is 5.91 Å². The molecule has 7 nitrogen and oxygen atoms in total. The molecule has 1 aromatic rings. The van der Waals surface area contributed by atoms with Crippen molar-refractivity contribution in [3.63, 3.8) is 0 Å². The fourth-order valence-electron chi connectivity index (χ4n) is 2.57. The van der Waals surface area contributed by atoms with Crippen LogP contribution in [0, 0.1) is 11.3 Å². The molecule has 0 saturated carbocycles. The van der Waals surface area contributed by atoms with E-state index in [-0.39, 0.29) is 5.69 Å². The standard InChI is InChI=1S/C13H24N6O/c1-13(2,3)10-4-5-18(8-10)6-7-19-9-11(16-17-19)12(20)15-14/h9-10H,4-8,14H2,1-3H3,(H,15,20). The summed E-state index contributed by atoms with van der Waals surface area (Å²) in [5.41, 5.74) is 2.67. The van der Waals surface area contributed by atoms with E-state index >= 15 is 0 Å². The largest absolute Gasteiger partial charge is 0.301 e. The lowest BCUT2D eigenvalue weighted by Gasteiger charge is -2.27. The Bertz CT molecular complexity index is 464. The maximum absolute atomic E-state index is 11.3. The Morgan fingerprint density at radius 3 is 2.85 bits per heavy atom. The van der Waals surface area contributed by atoms with Crippen molar-refractivity contribution in [2.75, 3.05) is 19.6 Å². The molecule has 3 N–H and O–H groups in total. The second-order valence-electron chi connectivity index (χ2n) is 6.49. The highest BCUT2D eigenvalue weighted by molar-refractivity contribution is 5.91. The SMILES string of the molecule is CC(C)(C)C1CCN(CCn2cc(C(=O)NN)nn2)C1. The maximum Gasteiger partial charge on any atom is 0.287 e. The normalized spacial score (nSPS) is 20.3. The van der Waals surface area contributed by atoms with Gasteiger partial charge in [0.05, 0.1) is 12.7 Å². The van der Waals surface area contributed by atoms with Crippen molar-refractivity contribution in [1.29, 1.82) is 0 Å². The van der Waals surface area contributed by atoms with Crippen molar-refractivity contribution in [2.45, 2.75) is 33.7 Å². The van der Waals surface area contributed by atoms with Crippen LogP contribution in [0.5, 0.6) is 0 Å². The average molecular weight is 280 g/mol. The van der Waals surface area contributed by atoms with Crippen LogP contribution >= 0.6 is 0 Å². The molecule has 0 spiro atoms. The molecule has 1 atom stereocenters. The third kappa shape index (κ3) is 3.55. The number of nitrogens with zero attached hydrogens (tertiary/aromatic N) is 4. The summed E-state index contributed by atoms with van der Waals surface area (Å²) in [5.74, 6) is 5.39. The molecule has 20 heavy (non-hydrogen) atoms. The molecule has 1 unspecified atom stereocenters. The number of nitrogens with two attached hydrogens (primary N) is 1. The van der Waals surface area contributed by atoms with Gasteiger partial charge < -0.3 is 4.90 Å². The number of amides is 1. The summed E-state index contributed by atoms with van der Waals surface area (Å²) in [7, 11) is 0. The fourth-order valence-corrected chi connectivity index (χ4v) is 2.57. The predicted octanol–water partition coefficient (Wildman–Crippen LogP) is 0.250. The minimum atomic E-state index is -0.412. The molecule has 0 aliphatic carbocycles. The minimum absolute atomic E-state index is 0.251. The van der Waals surface area contributed by atoms with Crippen LogP contribution in [0.15, 0.2) is 6.20 Å². The highest BCUT2D eigenvalue weighted by Crippen LogP contribution is 2.33. The number of hydrogen-bond donors (Lipinski definition) is 2. The molecule has 7 heteroatoms. The van der Waals surface area contributed by atoms with Crippen molar-refractivity contribution in [3.05, 3.63) is 11.9 Å². The van der Waals surface area contributed by atoms with Gasteiger partial charge in [-0.2, -0.15) is 0 Å². The molecule has 2 rings (SSSR count). The highest BCUT2D eigenvalue weighted by Gasteiger charge is 2.31. The van der Waals surface area contributed by atoms with Crippen molar-refractivity contribution in [2.24, 2.45) is 17.2 Å². The molecule has 1 saturated heterocycles. The molecular weight excluding hydrogens is 256 g/mol. The van der Waals surface area contributed by atoms with Gasteiger partial charge in [0.2, 0.25) is 0 Å².